The topological polar surface area (TPSA) is 71.5 Å². The van der Waals surface area contributed by atoms with E-state index >= 15 is 0 Å². The first kappa shape index (κ1) is 29.9. The quantitative estimate of drug-likeness (QED) is 0.327. The van der Waals surface area contributed by atoms with Gasteiger partial charge in [-0.3, -0.25) is 9.69 Å². The zero-order valence-corrected chi connectivity index (χ0v) is 26.1. The number of anilines is 1. The van der Waals surface area contributed by atoms with E-state index in [4.69, 9.17) is 25.8 Å². The van der Waals surface area contributed by atoms with Crippen molar-refractivity contribution in [1.29, 1.82) is 0 Å². The number of nitrogens with zero attached hydrogens (tertiary/aromatic N) is 2. The van der Waals surface area contributed by atoms with Crippen molar-refractivity contribution in [1.82, 2.24) is 4.90 Å². The Labute approximate surface area is 259 Å². The second kappa shape index (κ2) is 12.1. The highest BCUT2D eigenvalue weighted by atomic mass is 35.5. The lowest BCUT2D eigenvalue weighted by Gasteiger charge is -2.49. The third kappa shape index (κ3) is 5.76. The van der Waals surface area contributed by atoms with Gasteiger partial charge in [-0.15, -0.1) is 0 Å². The molecule has 43 heavy (non-hydrogen) atoms. The smallest absolute Gasteiger partial charge is 0.232 e. The van der Waals surface area contributed by atoms with E-state index in [1.807, 2.05) is 86.3 Å². The molecule has 0 bridgehead atoms. The Morgan fingerprint density at radius 1 is 1.02 bits per heavy atom. The van der Waals surface area contributed by atoms with E-state index in [2.05, 4.69) is 4.90 Å². The molecule has 0 spiro atoms. The summed E-state index contributed by atoms with van der Waals surface area (Å²) in [5, 5.41) is 12.6. The third-order valence-electron chi connectivity index (χ3n) is 9.15. The lowest BCUT2D eigenvalue weighted by atomic mass is 9.81. The second-order valence-corrected chi connectivity index (χ2v) is 12.8. The Kier molecular flexibility index (Phi) is 8.44. The van der Waals surface area contributed by atoms with E-state index in [0.717, 1.165) is 67.0 Å². The van der Waals surface area contributed by atoms with Gasteiger partial charge in [0.1, 0.15) is 5.60 Å². The maximum atomic E-state index is 13.9. The van der Waals surface area contributed by atoms with Crippen LogP contribution in [0.4, 0.5) is 5.69 Å². The molecule has 2 fully saturated rings. The highest BCUT2D eigenvalue weighted by molar-refractivity contribution is 6.30. The van der Waals surface area contributed by atoms with Crippen LogP contribution in [0.1, 0.15) is 68.3 Å². The number of likely N-dealkylation sites (tertiary alicyclic amines) is 1. The molecule has 0 aliphatic carbocycles. The monoisotopic (exact) mass is 604 g/mol. The summed E-state index contributed by atoms with van der Waals surface area (Å²) >= 11 is 6.27. The Bertz CT molecular complexity index is 1450. The summed E-state index contributed by atoms with van der Waals surface area (Å²) in [5.41, 5.74) is 3.41. The van der Waals surface area contributed by atoms with Gasteiger partial charge >= 0.3 is 0 Å². The Hall–Kier alpha value is -3.10. The first-order valence-electron chi connectivity index (χ1n) is 15.3. The van der Waals surface area contributed by atoms with Crippen LogP contribution < -0.4 is 14.4 Å². The molecule has 3 atom stereocenters. The van der Waals surface area contributed by atoms with Gasteiger partial charge in [0.25, 0.3) is 0 Å². The minimum atomic E-state index is -1.04. The largest absolute Gasteiger partial charge is 0.493 e. The minimum Gasteiger partial charge on any atom is -0.493 e. The molecule has 1 amide bonds. The molecule has 3 heterocycles. The van der Waals surface area contributed by atoms with E-state index in [1.165, 1.54) is 0 Å². The molecule has 7 nitrogen and oxygen atoms in total. The molecule has 0 saturated carbocycles. The lowest BCUT2D eigenvalue weighted by molar-refractivity contribution is -0.133. The maximum absolute atomic E-state index is 13.9. The fourth-order valence-electron chi connectivity index (χ4n) is 6.89. The predicted molar refractivity (Wildman–Crippen MR) is 168 cm³/mol. The van der Waals surface area contributed by atoms with Gasteiger partial charge in [-0.05, 0) is 98.8 Å². The fourth-order valence-corrected chi connectivity index (χ4v) is 7.02. The average molecular weight is 605 g/mol. The normalized spacial score (nSPS) is 22.6. The van der Waals surface area contributed by atoms with Crippen LogP contribution in [-0.4, -0.2) is 61.0 Å². The van der Waals surface area contributed by atoms with Crippen LogP contribution >= 0.6 is 11.6 Å². The van der Waals surface area contributed by atoms with E-state index in [1.54, 1.807) is 7.11 Å². The standard InChI is InChI=1S/C35H41ClN2O5/c1-22(2)43-31-19-29-24(17-30(31)41-4)18-33(39)38(34(29)23-8-12-26(36)13-9-23)27-14-10-25(11-15-27)35(3,40)32-7-5-6-16-37(32)28-20-42-21-28/h8-15,17,19,22,28,32,34,40H,5-7,16,18,20-21H2,1-4H3/t32-,34?,35+/m0/s1. The number of fused-ring (bicyclic) bond motifs is 1. The summed E-state index contributed by atoms with van der Waals surface area (Å²) in [6.07, 6.45) is 3.37. The molecule has 228 valence electrons. The maximum Gasteiger partial charge on any atom is 0.232 e. The minimum absolute atomic E-state index is 0.0145. The number of aliphatic hydroxyl groups is 1. The molecule has 8 heteroatoms. The number of hydrogen-bond acceptors (Lipinski definition) is 6. The number of piperidine rings is 1. The summed E-state index contributed by atoms with van der Waals surface area (Å²) < 4.78 is 17.3. The molecule has 1 N–H and O–H groups in total. The van der Waals surface area contributed by atoms with Crippen molar-refractivity contribution in [2.24, 2.45) is 0 Å². The van der Waals surface area contributed by atoms with Gasteiger partial charge < -0.3 is 24.2 Å². The van der Waals surface area contributed by atoms with Crippen molar-refractivity contribution >= 4 is 23.2 Å². The number of carbonyl (C=O) groups is 1. The lowest BCUT2D eigenvalue weighted by Crippen LogP contribution is -2.60. The number of methoxy groups -OCH3 is 1. The molecular formula is C35H41ClN2O5. The van der Waals surface area contributed by atoms with Gasteiger partial charge in [-0.1, -0.05) is 42.3 Å². The average Bonchev–Trinajstić information content (AvgIpc) is 2.96. The van der Waals surface area contributed by atoms with Gasteiger partial charge in [0.05, 0.1) is 44.9 Å². The Morgan fingerprint density at radius 2 is 1.74 bits per heavy atom. The Morgan fingerprint density at radius 3 is 2.37 bits per heavy atom. The first-order valence-corrected chi connectivity index (χ1v) is 15.7. The van der Waals surface area contributed by atoms with Gasteiger partial charge in [-0.25, -0.2) is 0 Å². The molecular weight excluding hydrogens is 564 g/mol. The van der Waals surface area contributed by atoms with Crippen LogP contribution in [0.5, 0.6) is 11.5 Å². The zero-order chi connectivity index (χ0) is 30.3. The van der Waals surface area contributed by atoms with E-state index in [9.17, 15) is 9.90 Å². The zero-order valence-electron chi connectivity index (χ0n) is 25.4. The SMILES string of the molecule is COc1cc2c(cc1OC(C)C)C(c1ccc(Cl)cc1)N(c1ccc([C@@](C)(O)[C@@H]3CCCCN3C3COC3)cc1)C(=O)C2. The molecule has 6 rings (SSSR count). The van der Waals surface area contributed by atoms with Crippen LogP contribution in [0.3, 0.4) is 0 Å². The molecule has 3 aromatic rings. The highest BCUT2D eigenvalue weighted by Crippen LogP contribution is 2.44. The molecule has 0 radical (unpaired) electrons. The number of halogens is 1. The number of ether oxygens (including phenoxy) is 3. The van der Waals surface area contributed by atoms with Gasteiger partial charge in [0.2, 0.25) is 5.91 Å². The van der Waals surface area contributed by atoms with E-state index in [0.29, 0.717) is 22.6 Å². The van der Waals surface area contributed by atoms with Crippen LogP contribution in [0.15, 0.2) is 60.7 Å². The van der Waals surface area contributed by atoms with Crippen molar-refractivity contribution in [3.05, 3.63) is 87.9 Å². The predicted octanol–water partition coefficient (Wildman–Crippen LogP) is 6.28. The van der Waals surface area contributed by atoms with Gasteiger partial charge in [0.15, 0.2) is 11.5 Å². The van der Waals surface area contributed by atoms with Crippen molar-refractivity contribution in [2.75, 3.05) is 31.8 Å². The molecule has 3 aromatic carbocycles. The van der Waals surface area contributed by atoms with Crippen molar-refractivity contribution in [2.45, 2.75) is 76.3 Å². The summed E-state index contributed by atoms with van der Waals surface area (Å²) in [5.74, 6) is 1.24. The van der Waals surface area contributed by atoms with Crippen LogP contribution in [0.25, 0.3) is 0 Å². The number of hydrogen-bond donors (Lipinski definition) is 1. The van der Waals surface area contributed by atoms with Crippen molar-refractivity contribution in [3.63, 3.8) is 0 Å². The number of benzene rings is 3. The molecule has 1 unspecified atom stereocenters. The summed E-state index contributed by atoms with van der Waals surface area (Å²) in [6, 6.07) is 19.4. The summed E-state index contributed by atoms with van der Waals surface area (Å²) in [6.45, 7) is 8.32. The van der Waals surface area contributed by atoms with Gasteiger partial charge in [0, 0.05) is 16.8 Å². The molecule has 3 aliphatic rings. The number of carbonyl (C=O) groups excluding carboxylic acids is 1. The van der Waals surface area contributed by atoms with E-state index in [-0.39, 0.29) is 24.5 Å². The number of amides is 1. The fraction of sp³-hybridized carbons (Fsp3) is 0.457. The van der Waals surface area contributed by atoms with Crippen LogP contribution in [0.2, 0.25) is 5.02 Å². The van der Waals surface area contributed by atoms with Crippen LogP contribution in [-0.2, 0) is 21.6 Å². The molecule has 0 aromatic heterocycles. The molecule has 2 saturated heterocycles. The van der Waals surface area contributed by atoms with Crippen molar-refractivity contribution in [3.8, 4) is 11.5 Å². The van der Waals surface area contributed by atoms with Crippen LogP contribution in [0, 0.1) is 0 Å². The van der Waals surface area contributed by atoms with Crippen molar-refractivity contribution < 1.29 is 24.1 Å². The third-order valence-corrected chi connectivity index (χ3v) is 9.40. The number of rotatable bonds is 8. The van der Waals surface area contributed by atoms with Gasteiger partial charge in [-0.2, -0.15) is 0 Å². The second-order valence-electron chi connectivity index (χ2n) is 12.4. The van der Waals surface area contributed by atoms with E-state index < -0.39 is 11.6 Å². The summed E-state index contributed by atoms with van der Waals surface area (Å²) in [4.78, 5) is 18.2. The Balaban J connectivity index is 1.38. The first-order chi connectivity index (χ1) is 20.7. The summed E-state index contributed by atoms with van der Waals surface area (Å²) in [7, 11) is 1.62. The molecule has 3 aliphatic heterocycles. The highest BCUT2D eigenvalue weighted by Gasteiger charge is 2.43.